The van der Waals surface area contributed by atoms with Crippen LogP contribution in [-0.4, -0.2) is 23.4 Å². The Labute approximate surface area is 193 Å². The Morgan fingerprint density at radius 1 is 1.32 bits per heavy atom. The molecule has 0 aromatic heterocycles. The van der Waals surface area contributed by atoms with Gasteiger partial charge in [-0.2, -0.15) is 0 Å². The Balaban J connectivity index is 0.00000182. The number of hydrogen-bond acceptors (Lipinski definition) is 3. The van der Waals surface area contributed by atoms with Crippen molar-refractivity contribution in [3.8, 4) is 5.75 Å². The van der Waals surface area contributed by atoms with Crippen LogP contribution in [0.5, 0.6) is 5.75 Å². The van der Waals surface area contributed by atoms with Crippen molar-refractivity contribution >= 4 is 11.7 Å². The smallest absolute Gasteiger partial charge is 0.492 e. The molecule has 122 valence electrons. The van der Waals surface area contributed by atoms with Gasteiger partial charge in [0, 0.05) is 17.5 Å². The maximum atomic E-state index is 13.7. The second-order valence-electron chi connectivity index (χ2n) is 6.05. The molecule has 0 saturated carbocycles. The van der Waals surface area contributed by atoms with Crippen molar-refractivity contribution in [3.63, 3.8) is 0 Å². The van der Waals surface area contributed by atoms with Crippen LogP contribution in [-0.2, 0) is 0 Å². The number of hydrogen-bond donors (Lipinski definition) is 0. The monoisotopic (exact) mass is 409 g/mol. The molecule has 2 aliphatic rings. The van der Waals surface area contributed by atoms with Crippen LogP contribution >= 0.6 is 0 Å². The molecular weight excluding hydrogens is 395 g/mol. The molecule has 1 N–H and O–H groups in total. The molecule has 25 heavy (non-hydrogen) atoms. The van der Waals surface area contributed by atoms with E-state index in [1.54, 1.807) is 6.07 Å². The number of aryl methyl sites for hydroxylation is 1. The standard InChI is InChI=1S/C18H16FN3O2.Rb/c1-10-3-2-4-11(7-10)17-14-9-24-15-6-5-12(19)8-13(15)16(14)21-22(17)18(20)23;/h2-8,14,17H,9H2,1H3,(H2,20,23);/q;+1/p-1/t14?,17-;/m1./s1. The van der Waals surface area contributed by atoms with E-state index in [2.05, 4.69) is 5.10 Å². The molecule has 5 nitrogen and oxygen atoms in total. The Hall–Kier alpha value is -1.08. The van der Waals surface area contributed by atoms with Gasteiger partial charge in [-0.05, 0) is 30.7 Å². The first kappa shape index (κ1) is 18.7. The largest absolute Gasteiger partial charge is 1.00 e. The van der Waals surface area contributed by atoms with Crippen molar-refractivity contribution in [3.05, 3.63) is 70.7 Å². The van der Waals surface area contributed by atoms with Crippen LogP contribution in [0.25, 0.3) is 5.73 Å². The molecule has 2 amide bonds. The summed E-state index contributed by atoms with van der Waals surface area (Å²) in [5.41, 5.74) is 10.6. The van der Waals surface area contributed by atoms with E-state index >= 15 is 0 Å². The van der Waals surface area contributed by atoms with Gasteiger partial charge in [-0.15, -0.1) is 0 Å². The van der Waals surface area contributed by atoms with E-state index in [1.807, 2.05) is 31.2 Å². The molecule has 0 aliphatic carbocycles. The van der Waals surface area contributed by atoms with Crippen molar-refractivity contribution in [2.24, 2.45) is 11.0 Å². The fraction of sp³-hybridized carbons (Fsp3) is 0.222. The van der Waals surface area contributed by atoms with Gasteiger partial charge in [0.05, 0.1) is 12.3 Å². The third kappa shape index (κ3) is 3.32. The van der Waals surface area contributed by atoms with Crippen LogP contribution < -0.4 is 62.9 Å². The molecule has 0 fully saturated rings. The number of nitrogens with one attached hydrogen (secondary N) is 1. The topological polar surface area (TPSA) is 65.7 Å². The number of ether oxygens (including phenoxy) is 1. The zero-order valence-corrected chi connectivity index (χ0v) is 18.9. The van der Waals surface area contributed by atoms with Crippen molar-refractivity contribution in [2.45, 2.75) is 13.0 Å². The van der Waals surface area contributed by atoms with Crippen LogP contribution in [0.4, 0.5) is 9.18 Å². The van der Waals surface area contributed by atoms with E-state index < -0.39 is 12.1 Å². The quantitative estimate of drug-likeness (QED) is 0.707. The molecule has 2 aromatic rings. The molecule has 2 atom stereocenters. The minimum atomic E-state index is -0.888. The summed E-state index contributed by atoms with van der Waals surface area (Å²) in [6.07, 6.45) is 0. The number of amides is 2. The van der Waals surface area contributed by atoms with Crippen molar-refractivity contribution in [1.29, 1.82) is 0 Å². The molecule has 1 unspecified atom stereocenters. The van der Waals surface area contributed by atoms with E-state index in [1.165, 1.54) is 12.1 Å². The van der Waals surface area contributed by atoms with Crippen LogP contribution in [0.2, 0.25) is 0 Å². The van der Waals surface area contributed by atoms with Crippen LogP contribution in [0.3, 0.4) is 0 Å². The third-order valence-electron chi connectivity index (χ3n) is 4.44. The molecule has 4 rings (SSSR count). The van der Waals surface area contributed by atoms with E-state index in [9.17, 15) is 9.18 Å². The summed E-state index contributed by atoms with van der Waals surface area (Å²) in [5, 5.41) is 5.51. The number of carbonyl (C=O) groups is 1. The number of hydrazone groups is 1. The molecule has 2 aromatic carbocycles. The Morgan fingerprint density at radius 3 is 2.84 bits per heavy atom. The van der Waals surface area contributed by atoms with Gasteiger partial charge in [-0.25, -0.2) is 4.39 Å². The van der Waals surface area contributed by atoms with Gasteiger partial charge < -0.3 is 15.5 Å². The number of urea groups is 1. The fourth-order valence-electron chi connectivity index (χ4n) is 3.40. The van der Waals surface area contributed by atoms with Crippen molar-refractivity contribution in [2.75, 3.05) is 6.61 Å². The van der Waals surface area contributed by atoms with Crippen molar-refractivity contribution in [1.82, 2.24) is 5.01 Å². The van der Waals surface area contributed by atoms with Gasteiger partial charge in [0.2, 0.25) is 0 Å². The fourth-order valence-corrected chi connectivity index (χ4v) is 3.40. The molecular formula is C18H15FN3O2Rb. The summed E-state index contributed by atoms with van der Waals surface area (Å²) in [4.78, 5) is 11.8. The molecule has 0 radical (unpaired) electrons. The second-order valence-corrected chi connectivity index (χ2v) is 6.05. The van der Waals surface area contributed by atoms with Crippen molar-refractivity contribution < 1.29 is 72.1 Å². The first-order chi connectivity index (χ1) is 11.5. The van der Waals surface area contributed by atoms with Gasteiger partial charge in [0.1, 0.15) is 11.6 Å². The average molecular weight is 410 g/mol. The molecule has 2 heterocycles. The summed E-state index contributed by atoms with van der Waals surface area (Å²) in [7, 11) is 0. The summed E-state index contributed by atoms with van der Waals surface area (Å²) in [6, 6.07) is 10.7. The van der Waals surface area contributed by atoms with Gasteiger partial charge in [-0.3, -0.25) is 9.90 Å². The first-order valence-electron chi connectivity index (χ1n) is 7.67. The molecule has 2 aliphatic heterocycles. The summed E-state index contributed by atoms with van der Waals surface area (Å²) < 4.78 is 19.4. The van der Waals surface area contributed by atoms with E-state index in [4.69, 9.17) is 10.5 Å². The van der Waals surface area contributed by atoms with E-state index in [0.717, 1.165) is 16.1 Å². The number of nitrogens with zero attached hydrogens (tertiary/aromatic N) is 2. The summed E-state index contributed by atoms with van der Waals surface area (Å²) in [5.74, 6) is -0.0625. The predicted molar refractivity (Wildman–Crippen MR) is 87.4 cm³/mol. The summed E-state index contributed by atoms with van der Waals surface area (Å²) in [6.45, 7) is 2.30. The van der Waals surface area contributed by atoms with Gasteiger partial charge >= 0.3 is 58.2 Å². The Bertz CT molecular complexity index is 871. The number of rotatable bonds is 1. The van der Waals surface area contributed by atoms with E-state index in [0.29, 0.717) is 23.6 Å². The zero-order chi connectivity index (χ0) is 16.8. The minimum absolute atomic E-state index is 0. The normalized spacial score (nSPS) is 20.7. The number of fused-ring (bicyclic) bond motifs is 3. The maximum absolute atomic E-state index is 13.7. The van der Waals surface area contributed by atoms with E-state index in [-0.39, 0.29) is 69.9 Å². The minimum Gasteiger partial charge on any atom is -0.492 e. The molecule has 7 heteroatoms. The van der Waals surface area contributed by atoms with Gasteiger partial charge in [0.15, 0.2) is 6.03 Å². The second kappa shape index (κ2) is 7.27. The Morgan fingerprint density at radius 2 is 2.12 bits per heavy atom. The van der Waals surface area contributed by atoms with Crippen LogP contribution in [0.15, 0.2) is 47.6 Å². The molecule has 0 spiro atoms. The SMILES string of the molecule is Cc1cccc([C@@H]2C3COc4ccc(F)cc4C3=NN2C([NH-])=O)c1.[Rb+]. The van der Waals surface area contributed by atoms with Gasteiger partial charge in [-0.1, -0.05) is 29.8 Å². The van der Waals surface area contributed by atoms with Crippen LogP contribution in [0, 0.1) is 18.7 Å². The van der Waals surface area contributed by atoms with Gasteiger partial charge in [0.25, 0.3) is 0 Å². The number of benzene rings is 2. The molecule has 0 saturated heterocycles. The maximum Gasteiger partial charge on any atom is 1.00 e. The number of carbonyl (C=O) groups excluding carboxylic acids is 1. The number of halogens is 1. The summed E-state index contributed by atoms with van der Waals surface area (Å²) >= 11 is 0. The van der Waals surface area contributed by atoms with Crippen LogP contribution in [0.1, 0.15) is 22.7 Å². The predicted octanol–water partition coefficient (Wildman–Crippen LogP) is 1.08. The molecule has 0 bridgehead atoms. The first-order valence-corrected chi connectivity index (χ1v) is 7.67. The average Bonchev–Trinajstić information content (AvgIpc) is 2.95. The Kier molecular flexibility index (Phi) is 5.44. The third-order valence-corrected chi connectivity index (χ3v) is 4.44. The zero-order valence-electron chi connectivity index (χ0n) is 14.0.